The third-order valence-electron chi connectivity index (χ3n) is 3.98. The molecule has 11 heteroatoms. The molecule has 0 saturated carbocycles. The van der Waals surface area contributed by atoms with E-state index in [1.807, 2.05) is 0 Å². The van der Waals surface area contributed by atoms with Crippen LogP contribution in [0, 0.1) is 0 Å². The van der Waals surface area contributed by atoms with Crippen molar-refractivity contribution in [2.75, 3.05) is 5.73 Å². The summed E-state index contributed by atoms with van der Waals surface area (Å²) in [6.07, 6.45) is 4.42. The van der Waals surface area contributed by atoms with Crippen molar-refractivity contribution in [1.82, 2.24) is 9.97 Å². The van der Waals surface area contributed by atoms with Crippen molar-refractivity contribution >= 4 is 38.0 Å². The van der Waals surface area contributed by atoms with Crippen molar-refractivity contribution in [2.45, 2.75) is 4.90 Å². The van der Waals surface area contributed by atoms with Gasteiger partial charge in [-0.25, -0.2) is 9.97 Å². The molecule has 0 fully saturated rings. The Morgan fingerprint density at radius 1 is 1.07 bits per heavy atom. The summed E-state index contributed by atoms with van der Waals surface area (Å²) < 4.78 is 38.2. The summed E-state index contributed by atoms with van der Waals surface area (Å²) in [5, 5.41) is 8.84. The Kier molecular flexibility index (Phi) is 6.10. The number of fused-ring (bicyclic) bond motifs is 1. The van der Waals surface area contributed by atoms with Crippen LogP contribution < -0.4 is 35.3 Å². The van der Waals surface area contributed by atoms with Gasteiger partial charge in [0.2, 0.25) is 5.89 Å². The van der Waals surface area contributed by atoms with Crippen LogP contribution in [0.5, 0.6) is 0 Å². The Bertz CT molecular complexity index is 1300. The summed E-state index contributed by atoms with van der Waals surface area (Å²) in [7, 11) is -4.47. The molecule has 2 aromatic carbocycles. The molecular formula is C18H14N5NaO4S. The Hall–Kier alpha value is -2.63. The van der Waals surface area contributed by atoms with Crippen LogP contribution in [0.15, 0.2) is 80.7 Å². The average Bonchev–Trinajstić information content (AvgIpc) is 3.22. The molecule has 29 heavy (non-hydrogen) atoms. The number of azo groups is 1. The summed E-state index contributed by atoms with van der Waals surface area (Å²) in [5.41, 5.74) is 7.42. The third kappa shape index (κ3) is 4.36. The molecule has 3 N–H and O–H groups in total. The molecule has 0 atom stereocenters. The monoisotopic (exact) mass is 419 g/mol. The number of nitrogens with zero attached hydrogens (tertiary/aromatic N) is 4. The van der Waals surface area contributed by atoms with Crippen LogP contribution in [-0.2, 0) is 10.1 Å². The maximum Gasteiger partial charge on any atom is 1.00 e. The second-order valence-corrected chi connectivity index (χ2v) is 7.16. The summed E-state index contributed by atoms with van der Waals surface area (Å²) in [4.78, 5) is 7.90. The molecule has 4 aromatic rings. The maximum atomic E-state index is 11.8. The largest absolute Gasteiger partial charge is 1.00 e. The molecule has 0 aliphatic heterocycles. The van der Waals surface area contributed by atoms with Crippen LogP contribution in [0.25, 0.3) is 22.4 Å². The molecule has 0 radical (unpaired) electrons. The van der Waals surface area contributed by atoms with Crippen LogP contribution in [0.2, 0.25) is 0 Å². The standard InChI is InChI=1S/C18H13N5O4S.Na.H/c19-17-13-4-2-1-3-12(13)16(28(24,25)26)9-15(17)23-22-11-5-6-14(21-10-11)18-20-7-8-27-18;;/h1-10H,19H2,(H,24,25,26);;/q;+1;-1. The van der Waals surface area contributed by atoms with E-state index in [2.05, 4.69) is 20.2 Å². The minimum absolute atomic E-state index is 0. The molecular weight excluding hydrogens is 405 g/mol. The first-order chi connectivity index (χ1) is 13.4. The van der Waals surface area contributed by atoms with Gasteiger partial charge in [0.15, 0.2) is 0 Å². The number of hydrogen-bond donors (Lipinski definition) is 2. The fourth-order valence-corrected chi connectivity index (χ4v) is 3.40. The molecule has 0 aliphatic carbocycles. The minimum Gasteiger partial charge on any atom is -1.00 e. The number of oxazole rings is 1. The van der Waals surface area contributed by atoms with Crippen LogP contribution in [0.4, 0.5) is 17.1 Å². The number of rotatable bonds is 4. The Morgan fingerprint density at radius 2 is 1.83 bits per heavy atom. The van der Waals surface area contributed by atoms with Gasteiger partial charge in [0.05, 0.1) is 18.1 Å². The number of aromatic nitrogens is 2. The van der Waals surface area contributed by atoms with Gasteiger partial charge >= 0.3 is 29.6 Å². The van der Waals surface area contributed by atoms with E-state index < -0.39 is 10.1 Å². The number of nitrogens with two attached hydrogens (primary N) is 1. The van der Waals surface area contributed by atoms with Crippen molar-refractivity contribution in [3.8, 4) is 11.6 Å². The predicted octanol–water partition coefficient (Wildman–Crippen LogP) is 1.25. The maximum absolute atomic E-state index is 11.8. The Balaban J connectivity index is 0.00000160. The molecule has 2 aromatic heterocycles. The molecule has 4 rings (SSSR count). The Labute approximate surface area is 189 Å². The third-order valence-corrected chi connectivity index (χ3v) is 4.87. The number of nitrogen functional groups attached to an aromatic ring is 1. The molecule has 0 bridgehead atoms. The van der Waals surface area contributed by atoms with E-state index in [4.69, 9.17) is 10.2 Å². The summed E-state index contributed by atoms with van der Waals surface area (Å²) in [6.45, 7) is 0. The van der Waals surface area contributed by atoms with E-state index in [1.165, 1.54) is 24.7 Å². The zero-order valence-electron chi connectivity index (χ0n) is 16.2. The molecule has 9 nitrogen and oxygen atoms in total. The van der Waals surface area contributed by atoms with Gasteiger partial charge in [0, 0.05) is 10.8 Å². The molecule has 2 heterocycles. The summed E-state index contributed by atoms with van der Waals surface area (Å²) in [5.74, 6) is 0.375. The van der Waals surface area contributed by atoms with Gasteiger partial charge in [0.1, 0.15) is 28.2 Å². The molecule has 0 unspecified atom stereocenters. The number of hydrogen-bond acceptors (Lipinski definition) is 8. The van der Waals surface area contributed by atoms with Gasteiger partial charge in [-0.2, -0.15) is 8.42 Å². The van der Waals surface area contributed by atoms with E-state index in [-0.39, 0.29) is 47.3 Å². The van der Waals surface area contributed by atoms with Crippen LogP contribution >= 0.6 is 0 Å². The van der Waals surface area contributed by atoms with Crippen molar-refractivity contribution in [3.05, 3.63) is 61.1 Å². The normalized spacial score (nSPS) is 11.6. The molecule has 0 aliphatic rings. The molecule has 0 saturated heterocycles. The zero-order valence-corrected chi connectivity index (χ0v) is 18.0. The van der Waals surface area contributed by atoms with E-state index in [0.717, 1.165) is 0 Å². The predicted molar refractivity (Wildman–Crippen MR) is 103 cm³/mol. The Morgan fingerprint density at radius 3 is 2.45 bits per heavy atom. The first-order valence-electron chi connectivity index (χ1n) is 8.00. The fourth-order valence-electron chi connectivity index (χ4n) is 2.68. The smallest absolute Gasteiger partial charge is 1.00 e. The van der Waals surface area contributed by atoms with Crippen LogP contribution in [-0.4, -0.2) is 22.9 Å². The van der Waals surface area contributed by atoms with E-state index in [0.29, 0.717) is 28.0 Å². The van der Waals surface area contributed by atoms with Gasteiger partial charge in [-0.3, -0.25) is 4.55 Å². The van der Waals surface area contributed by atoms with Crippen molar-refractivity contribution in [1.29, 1.82) is 0 Å². The van der Waals surface area contributed by atoms with Gasteiger partial charge in [-0.15, -0.1) is 10.2 Å². The number of pyridine rings is 1. The van der Waals surface area contributed by atoms with Crippen molar-refractivity contribution < 1.29 is 48.4 Å². The second kappa shape index (κ2) is 8.39. The summed E-state index contributed by atoms with van der Waals surface area (Å²) >= 11 is 0. The molecule has 142 valence electrons. The quantitative estimate of drug-likeness (QED) is 0.219. The zero-order chi connectivity index (χ0) is 19.7. The minimum atomic E-state index is -4.47. The van der Waals surface area contributed by atoms with Gasteiger partial charge in [-0.1, -0.05) is 24.3 Å². The second-order valence-electron chi connectivity index (χ2n) is 5.77. The fraction of sp³-hybridized carbons (Fsp3) is 0. The van der Waals surface area contributed by atoms with E-state index >= 15 is 0 Å². The van der Waals surface area contributed by atoms with Crippen molar-refractivity contribution in [3.63, 3.8) is 0 Å². The van der Waals surface area contributed by atoms with Crippen molar-refractivity contribution in [2.24, 2.45) is 10.2 Å². The van der Waals surface area contributed by atoms with Gasteiger partial charge in [0.25, 0.3) is 10.1 Å². The van der Waals surface area contributed by atoms with E-state index in [1.54, 1.807) is 36.4 Å². The molecule has 0 spiro atoms. The number of anilines is 1. The first kappa shape index (κ1) is 21.1. The van der Waals surface area contributed by atoms with Crippen LogP contribution in [0.3, 0.4) is 0 Å². The van der Waals surface area contributed by atoms with Gasteiger partial charge < -0.3 is 11.6 Å². The van der Waals surface area contributed by atoms with Gasteiger partial charge in [-0.05, 0) is 18.2 Å². The first-order valence-corrected chi connectivity index (χ1v) is 9.44. The number of benzene rings is 2. The topological polar surface area (TPSA) is 144 Å². The summed E-state index contributed by atoms with van der Waals surface area (Å²) in [6, 6.07) is 11.1. The van der Waals surface area contributed by atoms with Crippen LogP contribution in [0.1, 0.15) is 1.43 Å². The SMILES string of the molecule is Nc1c(N=Nc2ccc(-c3ncco3)nc2)cc(S(=O)(=O)O)c2ccccc12.[H-].[Na+]. The van der Waals surface area contributed by atoms with E-state index in [9.17, 15) is 13.0 Å². The molecule has 0 amide bonds. The average molecular weight is 419 g/mol.